The summed E-state index contributed by atoms with van der Waals surface area (Å²) in [5.41, 5.74) is 1.23. The van der Waals surface area contributed by atoms with E-state index in [2.05, 4.69) is 5.32 Å². The number of methoxy groups -OCH3 is 3. The van der Waals surface area contributed by atoms with Crippen molar-refractivity contribution < 1.29 is 28.5 Å². The van der Waals surface area contributed by atoms with E-state index in [1.165, 1.54) is 26.4 Å². The average Bonchev–Trinajstić information content (AvgIpc) is 2.70. The van der Waals surface area contributed by atoms with Crippen LogP contribution in [0.1, 0.15) is 5.56 Å². The maximum Gasteiger partial charge on any atom is 0.331 e. The van der Waals surface area contributed by atoms with Gasteiger partial charge in [0, 0.05) is 17.3 Å². The van der Waals surface area contributed by atoms with Gasteiger partial charge in [-0.05, 0) is 36.4 Å². The second-order valence-electron chi connectivity index (χ2n) is 5.30. The first-order chi connectivity index (χ1) is 13.1. The van der Waals surface area contributed by atoms with Crippen LogP contribution < -0.4 is 19.5 Å². The quantitative estimate of drug-likeness (QED) is 0.567. The van der Waals surface area contributed by atoms with Gasteiger partial charge in [0.05, 0.1) is 21.3 Å². The first-order valence-corrected chi connectivity index (χ1v) is 8.07. The number of esters is 1. The summed E-state index contributed by atoms with van der Waals surface area (Å²) >= 11 is 0. The first kappa shape index (κ1) is 19.8. The number of nitrogens with one attached hydrogen (secondary N) is 1. The number of hydrogen-bond donors (Lipinski definition) is 1. The minimum atomic E-state index is -0.648. The normalized spacial score (nSPS) is 10.3. The number of rotatable bonds is 8. The van der Waals surface area contributed by atoms with Crippen LogP contribution in [0.25, 0.3) is 6.08 Å². The average molecular weight is 371 g/mol. The van der Waals surface area contributed by atoms with E-state index in [0.29, 0.717) is 28.5 Å². The lowest BCUT2D eigenvalue weighted by Crippen LogP contribution is -2.20. The molecule has 0 fully saturated rings. The molecule has 0 spiro atoms. The van der Waals surface area contributed by atoms with Gasteiger partial charge in [-0.25, -0.2) is 4.79 Å². The monoisotopic (exact) mass is 371 g/mol. The zero-order valence-electron chi connectivity index (χ0n) is 15.4. The summed E-state index contributed by atoms with van der Waals surface area (Å²) in [6.07, 6.45) is 2.75. The van der Waals surface area contributed by atoms with E-state index in [1.54, 1.807) is 49.6 Å². The van der Waals surface area contributed by atoms with Gasteiger partial charge < -0.3 is 24.3 Å². The van der Waals surface area contributed by atoms with Crippen LogP contribution >= 0.6 is 0 Å². The number of anilines is 1. The van der Waals surface area contributed by atoms with Gasteiger partial charge in [-0.3, -0.25) is 4.79 Å². The van der Waals surface area contributed by atoms with Crippen molar-refractivity contribution in [1.29, 1.82) is 0 Å². The maximum absolute atomic E-state index is 11.8. The highest BCUT2D eigenvalue weighted by molar-refractivity contribution is 5.94. The number of carbonyl (C=O) groups excluding carboxylic acids is 2. The van der Waals surface area contributed by atoms with Crippen LogP contribution in [0.3, 0.4) is 0 Å². The molecule has 0 aliphatic carbocycles. The molecule has 0 aliphatic heterocycles. The van der Waals surface area contributed by atoms with E-state index >= 15 is 0 Å². The number of ether oxygens (including phenoxy) is 4. The van der Waals surface area contributed by atoms with Gasteiger partial charge in [0.25, 0.3) is 5.91 Å². The summed E-state index contributed by atoms with van der Waals surface area (Å²) in [5.74, 6) is 0.636. The predicted molar refractivity (Wildman–Crippen MR) is 101 cm³/mol. The Kier molecular flexibility index (Phi) is 7.25. The van der Waals surface area contributed by atoms with Crippen LogP contribution in [0.4, 0.5) is 5.69 Å². The molecule has 142 valence electrons. The second-order valence-corrected chi connectivity index (χ2v) is 5.30. The van der Waals surface area contributed by atoms with Crippen molar-refractivity contribution in [2.45, 2.75) is 0 Å². The second kappa shape index (κ2) is 9.86. The Labute approximate surface area is 157 Å². The summed E-state index contributed by atoms with van der Waals surface area (Å²) in [6, 6.07) is 12.1. The van der Waals surface area contributed by atoms with Gasteiger partial charge in [-0.1, -0.05) is 12.1 Å². The molecule has 2 rings (SSSR count). The molecule has 0 atom stereocenters. The van der Waals surface area contributed by atoms with Gasteiger partial charge in [-0.15, -0.1) is 0 Å². The highest BCUT2D eigenvalue weighted by atomic mass is 16.5. The Morgan fingerprint density at radius 3 is 2.33 bits per heavy atom. The zero-order chi connectivity index (χ0) is 19.6. The van der Waals surface area contributed by atoms with Crippen molar-refractivity contribution in [3.8, 4) is 17.2 Å². The molecule has 1 amide bonds. The van der Waals surface area contributed by atoms with E-state index in [9.17, 15) is 9.59 Å². The Morgan fingerprint density at radius 2 is 1.70 bits per heavy atom. The fraction of sp³-hybridized carbons (Fsp3) is 0.200. The van der Waals surface area contributed by atoms with Crippen molar-refractivity contribution in [2.75, 3.05) is 33.3 Å². The molecular formula is C20H21NO6. The van der Waals surface area contributed by atoms with Crippen LogP contribution in [0, 0.1) is 0 Å². The number of hydrogen-bond acceptors (Lipinski definition) is 6. The molecule has 1 N–H and O–H groups in total. The molecule has 0 saturated heterocycles. The lowest BCUT2D eigenvalue weighted by atomic mass is 10.1. The van der Waals surface area contributed by atoms with Crippen LogP contribution in [0.5, 0.6) is 17.2 Å². The lowest BCUT2D eigenvalue weighted by Gasteiger charge is -2.09. The number of amides is 1. The highest BCUT2D eigenvalue weighted by Gasteiger charge is 2.09. The molecule has 7 heteroatoms. The standard InChI is InChI=1S/C20H21NO6/c1-24-16-10-8-15(9-11-16)21-18(22)13-27-19(23)12-7-14-5-4-6-17(25-2)20(14)26-3/h4-12H,13H2,1-3H3,(H,21,22)/b12-7+. The lowest BCUT2D eigenvalue weighted by molar-refractivity contribution is -0.142. The fourth-order valence-corrected chi connectivity index (χ4v) is 2.26. The molecule has 0 saturated carbocycles. The van der Waals surface area contributed by atoms with Crippen molar-refractivity contribution in [1.82, 2.24) is 0 Å². The first-order valence-electron chi connectivity index (χ1n) is 8.07. The molecule has 7 nitrogen and oxygen atoms in total. The van der Waals surface area contributed by atoms with E-state index < -0.39 is 18.5 Å². The highest BCUT2D eigenvalue weighted by Crippen LogP contribution is 2.31. The largest absolute Gasteiger partial charge is 0.497 e. The molecule has 0 bridgehead atoms. The summed E-state index contributed by atoms with van der Waals surface area (Å²) < 4.78 is 20.5. The van der Waals surface area contributed by atoms with Crippen LogP contribution in [0.15, 0.2) is 48.5 Å². The summed E-state index contributed by atoms with van der Waals surface area (Å²) in [5, 5.41) is 2.62. The van der Waals surface area contributed by atoms with Crippen LogP contribution in [0.2, 0.25) is 0 Å². The molecule has 2 aromatic rings. The van der Waals surface area contributed by atoms with E-state index in [4.69, 9.17) is 18.9 Å². The Balaban J connectivity index is 1.88. The summed E-state index contributed by atoms with van der Waals surface area (Å²) in [4.78, 5) is 23.7. The molecule has 0 aromatic heterocycles. The van der Waals surface area contributed by atoms with Gasteiger partial charge >= 0.3 is 5.97 Å². The van der Waals surface area contributed by atoms with E-state index in [-0.39, 0.29) is 0 Å². The third-order valence-corrected chi connectivity index (χ3v) is 3.55. The van der Waals surface area contributed by atoms with Crippen LogP contribution in [-0.4, -0.2) is 39.8 Å². The molecule has 0 aliphatic rings. The molecular weight excluding hydrogens is 350 g/mol. The van der Waals surface area contributed by atoms with Crippen molar-refractivity contribution >= 4 is 23.6 Å². The van der Waals surface area contributed by atoms with Gasteiger partial charge in [-0.2, -0.15) is 0 Å². The summed E-state index contributed by atoms with van der Waals surface area (Å²) in [6.45, 7) is -0.398. The molecule has 0 heterocycles. The van der Waals surface area contributed by atoms with Crippen LogP contribution in [-0.2, 0) is 14.3 Å². The predicted octanol–water partition coefficient (Wildman–Crippen LogP) is 2.91. The van der Waals surface area contributed by atoms with Crippen molar-refractivity contribution in [3.05, 3.63) is 54.1 Å². The SMILES string of the molecule is COc1ccc(NC(=O)COC(=O)/C=C/c2cccc(OC)c2OC)cc1. The van der Waals surface area contributed by atoms with Gasteiger partial charge in [0.15, 0.2) is 18.1 Å². The minimum Gasteiger partial charge on any atom is -0.497 e. The molecule has 2 aromatic carbocycles. The Bertz CT molecular complexity index is 814. The number of benzene rings is 2. The maximum atomic E-state index is 11.8. The van der Waals surface area contributed by atoms with Gasteiger partial charge in [0.2, 0.25) is 0 Å². The molecule has 0 unspecified atom stereocenters. The van der Waals surface area contributed by atoms with Crippen molar-refractivity contribution in [3.63, 3.8) is 0 Å². The number of para-hydroxylation sites is 1. The topological polar surface area (TPSA) is 83.1 Å². The molecule has 27 heavy (non-hydrogen) atoms. The zero-order valence-corrected chi connectivity index (χ0v) is 15.4. The third kappa shape index (κ3) is 5.78. The Morgan fingerprint density at radius 1 is 0.963 bits per heavy atom. The molecule has 0 radical (unpaired) electrons. The van der Waals surface area contributed by atoms with Crippen molar-refractivity contribution in [2.24, 2.45) is 0 Å². The summed E-state index contributed by atoms with van der Waals surface area (Å²) in [7, 11) is 4.60. The van der Waals surface area contributed by atoms with E-state index in [1.807, 2.05) is 0 Å². The third-order valence-electron chi connectivity index (χ3n) is 3.55. The minimum absolute atomic E-state index is 0.398. The smallest absolute Gasteiger partial charge is 0.331 e. The Hall–Kier alpha value is -3.48. The van der Waals surface area contributed by atoms with Gasteiger partial charge in [0.1, 0.15) is 5.75 Å². The fourth-order valence-electron chi connectivity index (χ4n) is 2.26. The van der Waals surface area contributed by atoms with E-state index in [0.717, 1.165) is 0 Å². The number of carbonyl (C=O) groups is 2.